The van der Waals surface area contributed by atoms with Crippen molar-refractivity contribution in [2.45, 2.75) is 20.3 Å². The number of halogens is 1. The van der Waals surface area contributed by atoms with E-state index >= 15 is 0 Å². The Labute approximate surface area is 117 Å². The molecule has 0 saturated heterocycles. The molecule has 0 aliphatic heterocycles. The highest BCUT2D eigenvalue weighted by Gasteiger charge is 2.14. The van der Waals surface area contributed by atoms with Gasteiger partial charge in [0, 0.05) is 24.7 Å². The summed E-state index contributed by atoms with van der Waals surface area (Å²) in [7, 11) is 1.88. The maximum Gasteiger partial charge on any atom is 0.148 e. The fourth-order valence-corrected chi connectivity index (χ4v) is 1.96. The largest absolute Gasteiger partial charge is 0.329 e. The van der Waals surface area contributed by atoms with Crippen molar-refractivity contribution in [2.24, 2.45) is 5.84 Å². The topological polar surface area (TPSA) is 67.1 Å². The van der Waals surface area contributed by atoms with E-state index in [9.17, 15) is 4.39 Å². The maximum atomic E-state index is 13.0. The number of nitrogens with one attached hydrogen (secondary N) is 1. The molecule has 0 spiro atoms. The predicted molar refractivity (Wildman–Crippen MR) is 78.4 cm³/mol. The molecule has 1 heterocycles. The summed E-state index contributed by atoms with van der Waals surface area (Å²) in [6.45, 7) is 3.87. The van der Waals surface area contributed by atoms with Crippen LogP contribution in [0.15, 0.2) is 24.3 Å². The lowest BCUT2D eigenvalue weighted by Crippen LogP contribution is -2.18. The van der Waals surface area contributed by atoms with Gasteiger partial charge in [0.05, 0.1) is 0 Å². The van der Waals surface area contributed by atoms with Gasteiger partial charge >= 0.3 is 0 Å². The van der Waals surface area contributed by atoms with Gasteiger partial charge < -0.3 is 10.3 Å². The second-order valence-corrected chi connectivity index (χ2v) is 4.47. The molecule has 2 rings (SSSR count). The van der Waals surface area contributed by atoms with E-state index in [4.69, 9.17) is 5.84 Å². The maximum absolute atomic E-state index is 13.0. The van der Waals surface area contributed by atoms with Crippen molar-refractivity contribution in [3.8, 4) is 0 Å². The van der Waals surface area contributed by atoms with Gasteiger partial charge in [-0.25, -0.2) is 20.2 Å². The molecular formula is C14H18FN5. The molecule has 20 heavy (non-hydrogen) atoms. The number of hydrogen-bond donors (Lipinski definition) is 2. The number of anilines is 3. The van der Waals surface area contributed by atoms with Crippen LogP contribution in [0.1, 0.15) is 18.3 Å². The highest BCUT2D eigenvalue weighted by Crippen LogP contribution is 2.28. The molecule has 0 aliphatic rings. The van der Waals surface area contributed by atoms with Crippen LogP contribution in [0.3, 0.4) is 0 Å². The number of hydrogen-bond acceptors (Lipinski definition) is 5. The Hall–Kier alpha value is -2.21. The monoisotopic (exact) mass is 275 g/mol. The van der Waals surface area contributed by atoms with Crippen molar-refractivity contribution in [1.29, 1.82) is 0 Å². The normalized spacial score (nSPS) is 10.4. The fraction of sp³-hybridized carbons (Fsp3) is 0.286. The molecule has 106 valence electrons. The molecule has 5 nitrogen and oxygen atoms in total. The van der Waals surface area contributed by atoms with Crippen molar-refractivity contribution in [3.05, 3.63) is 41.5 Å². The first kappa shape index (κ1) is 14.2. The summed E-state index contributed by atoms with van der Waals surface area (Å²) < 4.78 is 13.0. The average molecular weight is 275 g/mol. The van der Waals surface area contributed by atoms with Crippen molar-refractivity contribution in [2.75, 3.05) is 17.4 Å². The lowest BCUT2D eigenvalue weighted by Gasteiger charge is -2.22. The third kappa shape index (κ3) is 2.70. The van der Waals surface area contributed by atoms with Gasteiger partial charge in [-0.15, -0.1) is 0 Å². The van der Waals surface area contributed by atoms with Crippen LogP contribution >= 0.6 is 0 Å². The molecule has 0 saturated carbocycles. The highest BCUT2D eigenvalue weighted by atomic mass is 19.1. The molecule has 0 atom stereocenters. The van der Waals surface area contributed by atoms with E-state index in [-0.39, 0.29) is 5.82 Å². The number of aromatic nitrogens is 2. The number of aryl methyl sites for hydroxylation is 1. The summed E-state index contributed by atoms with van der Waals surface area (Å²) in [5, 5.41) is 0. The van der Waals surface area contributed by atoms with Crippen LogP contribution in [0.25, 0.3) is 0 Å². The van der Waals surface area contributed by atoms with Crippen LogP contribution < -0.4 is 16.2 Å². The van der Waals surface area contributed by atoms with Crippen LogP contribution in [0.4, 0.5) is 21.7 Å². The second kappa shape index (κ2) is 5.83. The zero-order chi connectivity index (χ0) is 14.7. The highest BCUT2D eigenvalue weighted by molar-refractivity contribution is 5.66. The van der Waals surface area contributed by atoms with Gasteiger partial charge in [0.1, 0.15) is 23.3 Å². The molecule has 1 aromatic heterocycles. The zero-order valence-corrected chi connectivity index (χ0v) is 11.8. The Bertz CT molecular complexity index is 597. The predicted octanol–water partition coefficient (Wildman–Crippen LogP) is 2.54. The van der Waals surface area contributed by atoms with Crippen molar-refractivity contribution >= 4 is 17.3 Å². The summed E-state index contributed by atoms with van der Waals surface area (Å²) in [6.07, 6.45) is 0.708. The SMILES string of the molecule is CCc1nc(NN)c(C)c(N(C)c2ccc(F)cc2)n1. The van der Waals surface area contributed by atoms with Gasteiger partial charge in [0.25, 0.3) is 0 Å². The number of hydrazine groups is 1. The van der Waals surface area contributed by atoms with Gasteiger partial charge in [-0.05, 0) is 31.2 Å². The van der Waals surface area contributed by atoms with Crippen LogP contribution in [0.2, 0.25) is 0 Å². The number of benzene rings is 1. The van der Waals surface area contributed by atoms with Crippen LogP contribution in [-0.4, -0.2) is 17.0 Å². The average Bonchev–Trinajstić information content (AvgIpc) is 2.47. The Morgan fingerprint density at radius 1 is 1.25 bits per heavy atom. The standard InChI is InChI=1S/C14H18FN5/c1-4-12-17-13(19-16)9(2)14(18-12)20(3)11-7-5-10(15)6-8-11/h5-8H,4,16H2,1-3H3,(H,17,18,19). The zero-order valence-electron chi connectivity index (χ0n) is 11.8. The van der Waals surface area contributed by atoms with E-state index < -0.39 is 0 Å². The van der Waals surface area contributed by atoms with Crippen molar-refractivity contribution in [1.82, 2.24) is 9.97 Å². The number of rotatable bonds is 4. The summed E-state index contributed by atoms with van der Waals surface area (Å²) in [4.78, 5) is 10.7. The van der Waals surface area contributed by atoms with Crippen LogP contribution in [-0.2, 0) is 6.42 Å². The third-order valence-electron chi connectivity index (χ3n) is 3.15. The van der Waals surface area contributed by atoms with E-state index in [1.54, 1.807) is 12.1 Å². The van der Waals surface area contributed by atoms with Crippen molar-refractivity contribution < 1.29 is 4.39 Å². The van der Waals surface area contributed by atoms with Crippen molar-refractivity contribution in [3.63, 3.8) is 0 Å². The Morgan fingerprint density at radius 3 is 2.45 bits per heavy atom. The van der Waals surface area contributed by atoms with Crippen LogP contribution in [0, 0.1) is 12.7 Å². The lowest BCUT2D eigenvalue weighted by molar-refractivity contribution is 0.628. The van der Waals surface area contributed by atoms with Gasteiger partial charge in [-0.2, -0.15) is 0 Å². The first-order valence-electron chi connectivity index (χ1n) is 6.40. The van der Waals surface area contributed by atoms with E-state index in [0.29, 0.717) is 18.1 Å². The Kier molecular flexibility index (Phi) is 4.14. The summed E-state index contributed by atoms with van der Waals surface area (Å²) >= 11 is 0. The Morgan fingerprint density at radius 2 is 1.90 bits per heavy atom. The summed E-state index contributed by atoms with van der Waals surface area (Å²) in [5.74, 6) is 7.28. The molecule has 0 aliphatic carbocycles. The molecule has 1 aromatic carbocycles. The van der Waals surface area contributed by atoms with E-state index in [2.05, 4.69) is 15.4 Å². The summed E-state index contributed by atoms with van der Waals surface area (Å²) in [5.41, 5.74) is 4.28. The molecule has 0 amide bonds. The first-order chi connectivity index (χ1) is 9.56. The third-order valence-corrected chi connectivity index (χ3v) is 3.15. The first-order valence-corrected chi connectivity index (χ1v) is 6.40. The molecule has 0 unspecified atom stereocenters. The van der Waals surface area contributed by atoms with Crippen LogP contribution in [0.5, 0.6) is 0 Å². The second-order valence-electron chi connectivity index (χ2n) is 4.47. The molecule has 3 N–H and O–H groups in total. The minimum atomic E-state index is -0.264. The number of nitrogens with two attached hydrogens (primary N) is 1. The Balaban J connectivity index is 2.47. The minimum absolute atomic E-state index is 0.264. The summed E-state index contributed by atoms with van der Waals surface area (Å²) in [6, 6.07) is 6.26. The number of nitrogen functional groups attached to an aromatic ring is 1. The van der Waals surface area contributed by atoms with E-state index in [1.807, 2.05) is 25.8 Å². The van der Waals surface area contributed by atoms with Gasteiger partial charge in [-0.3, -0.25) is 0 Å². The number of nitrogens with zero attached hydrogens (tertiary/aromatic N) is 3. The minimum Gasteiger partial charge on any atom is -0.329 e. The quantitative estimate of drug-likeness (QED) is 0.663. The lowest BCUT2D eigenvalue weighted by atomic mass is 10.2. The van der Waals surface area contributed by atoms with Gasteiger partial charge in [-0.1, -0.05) is 6.92 Å². The molecule has 2 aromatic rings. The van der Waals surface area contributed by atoms with Gasteiger partial charge in [0.15, 0.2) is 0 Å². The molecule has 6 heteroatoms. The molecular weight excluding hydrogens is 257 g/mol. The molecule has 0 fully saturated rings. The van der Waals surface area contributed by atoms with Gasteiger partial charge in [0.2, 0.25) is 0 Å². The van der Waals surface area contributed by atoms with E-state index in [1.165, 1.54) is 12.1 Å². The fourth-order valence-electron chi connectivity index (χ4n) is 1.96. The molecule has 0 bridgehead atoms. The van der Waals surface area contributed by atoms with E-state index in [0.717, 1.165) is 17.1 Å². The smallest absolute Gasteiger partial charge is 0.148 e. The molecule has 0 radical (unpaired) electrons.